The van der Waals surface area contributed by atoms with E-state index in [0.717, 1.165) is 19.3 Å². The molecule has 0 bridgehead atoms. The van der Waals surface area contributed by atoms with E-state index < -0.39 is 0 Å². The normalized spacial score (nSPS) is 26.7. The van der Waals surface area contributed by atoms with E-state index in [9.17, 15) is 0 Å². The second-order valence-corrected chi connectivity index (χ2v) is 3.64. The Balaban J connectivity index is 2.48. The lowest BCUT2D eigenvalue weighted by atomic mass is 9.96. The quantitative estimate of drug-likeness (QED) is 0.590. The summed E-state index contributed by atoms with van der Waals surface area (Å²) in [6, 6.07) is 2.28. The Kier molecular flexibility index (Phi) is 2.52. The monoisotopic (exact) mass is 233 g/mol. The van der Waals surface area contributed by atoms with Gasteiger partial charge in [0.2, 0.25) is 0 Å². The number of halogens is 1. The van der Waals surface area contributed by atoms with E-state index in [1.807, 2.05) is 0 Å². The van der Waals surface area contributed by atoms with Crippen molar-refractivity contribution in [1.29, 1.82) is 5.26 Å². The van der Waals surface area contributed by atoms with Crippen molar-refractivity contribution in [3.05, 3.63) is 9.66 Å². The first kappa shape index (κ1) is 7.07. The molecule has 0 amide bonds. The summed E-state index contributed by atoms with van der Waals surface area (Å²) in [5, 5.41) is 8.50. The van der Waals surface area contributed by atoms with Gasteiger partial charge in [0.15, 0.2) is 0 Å². The molecule has 2 heteroatoms. The van der Waals surface area contributed by atoms with Gasteiger partial charge in [-0.1, -0.05) is 6.08 Å². The summed E-state index contributed by atoms with van der Waals surface area (Å²) in [5.41, 5.74) is 0. The molecule has 0 aliphatic heterocycles. The highest BCUT2D eigenvalue weighted by Crippen LogP contribution is 2.26. The Hall–Kier alpha value is -0.0400. The molecular weight excluding hydrogens is 225 g/mol. The molecule has 0 heterocycles. The second-order valence-electron chi connectivity index (χ2n) is 2.25. The van der Waals surface area contributed by atoms with Crippen LogP contribution in [-0.4, -0.2) is 0 Å². The maximum atomic E-state index is 8.50. The third-order valence-corrected chi connectivity index (χ3v) is 2.52. The molecule has 1 rings (SSSR count). The highest BCUT2D eigenvalue weighted by molar-refractivity contribution is 14.1. The van der Waals surface area contributed by atoms with Crippen LogP contribution in [-0.2, 0) is 0 Å². The SMILES string of the molecule is N#CC1CC=C(I)CC1. The van der Waals surface area contributed by atoms with Crippen molar-refractivity contribution in [2.45, 2.75) is 19.3 Å². The largest absolute Gasteiger partial charge is 0.198 e. The summed E-state index contributed by atoms with van der Waals surface area (Å²) in [4.78, 5) is 0. The minimum absolute atomic E-state index is 0.295. The average molecular weight is 233 g/mol. The molecule has 0 aromatic heterocycles. The predicted molar refractivity (Wildman–Crippen MR) is 45.1 cm³/mol. The first-order chi connectivity index (χ1) is 4.33. The summed E-state index contributed by atoms with van der Waals surface area (Å²) in [5.74, 6) is 0.295. The molecule has 0 radical (unpaired) electrons. The summed E-state index contributed by atoms with van der Waals surface area (Å²) in [6.45, 7) is 0. The van der Waals surface area contributed by atoms with Crippen molar-refractivity contribution in [2.75, 3.05) is 0 Å². The van der Waals surface area contributed by atoms with Crippen molar-refractivity contribution < 1.29 is 0 Å². The Morgan fingerprint density at radius 3 is 3.00 bits per heavy atom. The van der Waals surface area contributed by atoms with Crippen LogP contribution >= 0.6 is 22.6 Å². The predicted octanol–water partition coefficient (Wildman–Crippen LogP) is 2.63. The Bertz CT molecular complexity index is 166. The van der Waals surface area contributed by atoms with Gasteiger partial charge in [0, 0.05) is 0 Å². The maximum Gasteiger partial charge on any atom is 0.0659 e. The van der Waals surface area contributed by atoms with Crippen LogP contribution in [0, 0.1) is 17.2 Å². The van der Waals surface area contributed by atoms with Gasteiger partial charge in [0.1, 0.15) is 0 Å². The van der Waals surface area contributed by atoms with Crippen LogP contribution < -0.4 is 0 Å². The number of rotatable bonds is 0. The number of hydrogen-bond acceptors (Lipinski definition) is 1. The highest BCUT2D eigenvalue weighted by atomic mass is 127. The minimum atomic E-state index is 0.295. The van der Waals surface area contributed by atoms with E-state index in [4.69, 9.17) is 5.26 Å². The molecule has 0 aromatic carbocycles. The van der Waals surface area contributed by atoms with Gasteiger partial charge in [-0.25, -0.2) is 0 Å². The molecule has 1 unspecified atom stereocenters. The molecule has 48 valence electrons. The fraction of sp³-hybridized carbons (Fsp3) is 0.571. The van der Waals surface area contributed by atoms with Crippen LogP contribution in [0.1, 0.15) is 19.3 Å². The topological polar surface area (TPSA) is 23.8 Å². The fourth-order valence-corrected chi connectivity index (χ4v) is 1.49. The minimum Gasteiger partial charge on any atom is -0.198 e. The van der Waals surface area contributed by atoms with E-state index in [1.165, 1.54) is 3.58 Å². The van der Waals surface area contributed by atoms with Crippen molar-refractivity contribution in [3.63, 3.8) is 0 Å². The molecule has 0 fully saturated rings. The van der Waals surface area contributed by atoms with Crippen LogP contribution in [0.15, 0.2) is 9.66 Å². The van der Waals surface area contributed by atoms with E-state index in [1.54, 1.807) is 0 Å². The molecule has 0 spiro atoms. The fourth-order valence-electron chi connectivity index (χ4n) is 0.919. The number of nitriles is 1. The van der Waals surface area contributed by atoms with E-state index in [0.29, 0.717) is 5.92 Å². The smallest absolute Gasteiger partial charge is 0.0659 e. The van der Waals surface area contributed by atoms with Gasteiger partial charge in [-0.15, -0.1) is 0 Å². The highest BCUT2D eigenvalue weighted by Gasteiger charge is 2.10. The maximum absolute atomic E-state index is 8.50. The lowest BCUT2D eigenvalue weighted by Gasteiger charge is -2.11. The molecular formula is C7H8IN. The molecule has 0 saturated heterocycles. The van der Waals surface area contributed by atoms with Gasteiger partial charge in [-0.2, -0.15) is 5.26 Å². The zero-order chi connectivity index (χ0) is 6.69. The molecule has 1 atom stereocenters. The van der Waals surface area contributed by atoms with Crippen LogP contribution in [0.2, 0.25) is 0 Å². The van der Waals surface area contributed by atoms with Crippen LogP contribution in [0.3, 0.4) is 0 Å². The zero-order valence-corrected chi connectivity index (χ0v) is 7.26. The summed E-state index contributed by atoms with van der Waals surface area (Å²) >= 11 is 2.33. The Morgan fingerprint density at radius 1 is 1.78 bits per heavy atom. The molecule has 9 heavy (non-hydrogen) atoms. The van der Waals surface area contributed by atoms with Crippen LogP contribution in [0.5, 0.6) is 0 Å². The van der Waals surface area contributed by atoms with Gasteiger partial charge >= 0.3 is 0 Å². The first-order valence-electron chi connectivity index (χ1n) is 3.07. The number of allylic oxidation sites excluding steroid dienone is 2. The average Bonchev–Trinajstić information content (AvgIpc) is 1.90. The lowest BCUT2D eigenvalue weighted by Crippen LogP contribution is -1.99. The molecule has 0 saturated carbocycles. The molecule has 1 aliphatic rings. The standard InChI is InChI=1S/C7H8IN/c8-7-3-1-6(5-9)2-4-7/h3,6H,1-2,4H2. The van der Waals surface area contributed by atoms with Crippen molar-refractivity contribution in [2.24, 2.45) is 5.92 Å². The second kappa shape index (κ2) is 3.21. The van der Waals surface area contributed by atoms with Gasteiger partial charge < -0.3 is 0 Å². The Morgan fingerprint density at radius 2 is 2.56 bits per heavy atom. The number of hydrogen-bond donors (Lipinski definition) is 0. The third-order valence-electron chi connectivity index (χ3n) is 1.54. The molecule has 1 aliphatic carbocycles. The zero-order valence-electron chi connectivity index (χ0n) is 5.10. The van der Waals surface area contributed by atoms with Gasteiger partial charge in [0.05, 0.1) is 12.0 Å². The van der Waals surface area contributed by atoms with E-state index in [2.05, 4.69) is 34.7 Å². The summed E-state index contributed by atoms with van der Waals surface area (Å²) in [6.07, 6.45) is 5.30. The first-order valence-corrected chi connectivity index (χ1v) is 4.15. The van der Waals surface area contributed by atoms with Gasteiger partial charge in [-0.3, -0.25) is 0 Å². The van der Waals surface area contributed by atoms with E-state index in [-0.39, 0.29) is 0 Å². The van der Waals surface area contributed by atoms with Gasteiger partial charge in [0.25, 0.3) is 0 Å². The molecule has 0 aromatic rings. The summed E-state index contributed by atoms with van der Waals surface area (Å²) < 4.78 is 1.42. The summed E-state index contributed by atoms with van der Waals surface area (Å²) in [7, 11) is 0. The van der Waals surface area contributed by atoms with Gasteiger partial charge in [-0.05, 0) is 45.4 Å². The van der Waals surface area contributed by atoms with Crippen LogP contribution in [0.25, 0.3) is 0 Å². The van der Waals surface area contributed by atoms with E-state index >= 15 is 0 Å². The van der Waals surface area contributed by atoms with Crippen molar-refractivity contribution in [1.82, 2.24) is 0 Å². The lowest BCUT2D eigenvalue weighted by molar-refractivity contribution is 0.594. The van der Waals surface area contributed by atoms with Crippen molar-refractivity contribution >= 4 is 22.6 Å². The Labute approximate surface area is 68.9 Å². The van der Waals surface area contributed by atoms with Crippen LogP contribution in [0.4, 0.5) is 0 Å². The molecule has 1 nitrogen and oxygen atoms in total. The number of nitrogens with zero attached hydrogens (tertiary/aromatic N) is 1. The molecule has 0 N–H and O–H groups in total. The third kappa shape index (κ3) is 1.98. The van der Waals surface area contributed by atoms with Crippen molar-refractivity contribution in [3.8, 4) is 6.07 Å².